The van der Waals surface area contributed by atoms with E-state index in [2.05, 4.69) is 15.2 Å². The molecule has 2 N–H and O–H groups in total. The molecule has 0 aliphatic heterocycles. The van der Waals surface area contributed by atoms with Crippen molar-refractivity contribution in [3.05, 3.63) is 65.5 Å². The molecule has 2 aromatic carbocycles. The van der Waals surface area contributed by atoms with Gasteiger partial charge >= 0.3 is 17.8 Å². The van der Waals surface area contributed by atoms with Crippen LogP contribution >= 0.6 is 0 Å². The van der Waals surface area contributed by atoms with Crippen LogP contribution in [0.3, 0.4) is 0 Å². The van der Waals surface area contributed by atoms with Crippen LogP contribution in [0.15, 0.2) is 53.6 Å². The lowest BCUT2D eigenvalue weighted by Crippen LogP contribution is -2.32. The molecule has 8 heteroatoms. The molecule has 0 saturated carbocycles. The Kier molecular flexibility index (Phi) is 5.94. The number of hydrogen-bond donors (Lipinski definition) is 2. The van der Waals surface area contributed by atoms with E-state index < -0.39 is 23.6 Å². The molecule has 0 unspecified atom stereocenters. The normalized spacial score (nSPS) is 10.3. The molecule has 7 nitrogen and oxygen atoms in total. The predicted molar refractivity (Wildman–Crippen MR) is 88.5 cm³/mol. The summed E-state index contributed by atoms with van der Waals surface area (Å²) in [5.41, 5.74) is 3.09. The van der Waals surface area contributed by atoms with Gasteiger partial charge in [-0.3, -0.25) is 9.59 Å². The number of carbonyl (C=O) groups is 3. The van der Waals surface area contributed by atoms with Gasteiger partial charge in [-0.05, 0) is 42.0 Å². The Morgan fingerprint density at radius 2 is 1.80 bits per heavy atom. The molecular formula is C17H14FN3O4. The highest BCUT2D eigenvalue weighted by Gasteiger charge is 2.13. The van der Waals surface area contributed by atoms with Gasteiger partial charge in [0.2, 0.25) is 0 Å². The van der Waals surface area contributed by atoms with Gasteiger partial charge in [0, 0.05) is 5.69 Å². The van der Waals surface area contributed by atoms with Crippen LogP contribution in [0.25, 0.3) is 0 Å². The number of anilines is 1. The van der Waals surface area contributed by atoms with Crippen LogP contribution in [0.5, 0.6) is 0 Å². The summed E-state index contributed by atoms with van der Waals surface area (Å²) in [7, 11) is 1.26. The minimum absolute atomic E-state index is 0.310. The first-order valence-corrected chi connectivity index (χ1v) is 7.08. The Morgan fingerprint density at radius 3 is 2.44 bits per heavy atom. The zero-order chi connectivity index (χ0) is 18.2. The Balaban J connectivity index is 1.89. The number of halogens is 1. The van der Waals surface area contributed by atoms with Crippen LogP contribution in [0.1, 0.15) is 15.9 Å². The summed E-state index contributed by atoms with van der Waals surface area (Å²) < 4.78 is 17.5. The van der Waals surface area contributed by atoms with Crippen LogP contribution in [0, 0.1) is 5.82 Å². The molecule has 0 spiro atoms. The average molecular weight is 343 g/mol. The lowest BCUT2D eigenvalue weighted by atomic mass is 10.2. The summed E-state index contributed by atoms with van der Waals surface area (Å²) in [6.45, 7) is 0. The molecule has 2 amide bonds. The van der Waals surface area contributed by atoms with Gasteiger partial charge in [0.1, 0.15) is 5.82 Å². The first kappa shape index (κ1) is 17.8. The number of nitrogens with one attached hydrogen (secondary N) is 2. The fraction of sp³-hybridized carbons (Fsp3) is 0.0588. The molecule has 0 fully saturated rings. The van der Waals surface area contributed by atoms with E-state index in [1.165, 1.54) is 55.8 Å². The van der Waals surface area contributed by atoms with Gasteiger partial charge in [-0.15, -0.1) is 0 Å². The van der Waals surface area contributed by atoms with Crippen molar-refractivity contribution in [3.8, 4) is 0 Å². The lowest BCUT2D eigenvalue weighted by molar-refractivity contribution is -0.136. The Bertz CT molecular complexity index is 819. The second-order valence-corrected chi connectivity index (χ2v) is 4.78. The topological polar surface area (TPSA) is 96.9 Å². The van der Waals surface area contributed by atoms with E-state index in [-0.39, 0.29) is 0 Å². The maximum Gasteiger partial charge on any atom is 0.337 e. The number of carbonyl (C=O) groups excluding carboxylic acids is 3. The molecule has 0 aromatic heterocycles. The van der Waals surface area contributed by atoms with Crippen molar-refractivity contribution in [2.75, 3.05) is 12.4 Å². The Labute approximate surface area is 142 Å². The van der Waals surface area contributed by atoms with E-state index in [0.29, 0.717) is 16.8 Å². The lowest BCUT2D eigenvalue weighted by Gasteiger charge is -2.05. The highest BCUT2D eigenvalue weighted by atomic mass is 19.1. The zero-order valence-electron chi connectivity index (χ0n) is 13.2. The van der Waals surface area contributed by atoms with E-state index in [0.717, 1.165) is 0 Å². The molecule has 0 aliphatic rings. The van der Waals surface area contributed by atoms with Crippen molar-refractivity contribution >= 4 is 29.7 Å². The van der Waals surface area contributed by atoms with Crippen molar-refractivity contribution in [2.45, 2.75) is 0 Å². The molecule has 0 radical (unpaired) electrons. The van der Waals surface area contributed by atoms with E-state index in [4.69, 9.17) is 0 Å². The van der Waals surface area contributed by atoms with E-state index in [9.17, 15) is 18.8 Å². The number of methoxy groups -OCH3 is 1. The number of hydrazone groups is 1. The average Bonchev–Trinajstić information content (AvgIpc) is 2.61. The number of hydrogen-bond acceptors (Lipinski definition) is 5. The van der Waals surface area contributed by atoms with Gasteiger partial charge in [-0.2, -0.15) is 5.10 Å². The third kappa shape index (κ3) is 5.24. The van der Waals surface area contributed by atoms with Gasteiger partial charge in [0.25, 0.3) is 0 Å². The Hall–Kier alpha value is -3.55. The number of amides is 2. The van der Waals surface area contributed by atoms with Crippen molar-refractivity contribution in [1.82, 2.24) is 5.43 Å². The standard InChI is InChI=1S/C17H14FN3O4/c1-25-17(24)12-5-7-14(8-6-12)20-15(22)16(23)21-19-10-11-3-2-4-13(18)9-11/h2-10H,1H3,(H,20,22)(H,21,23)/b19-10-. The summed E-state index contributed by atoms with van der Waals surface area (Å²) in [6, 6.07) is 11.4. The van der Waals surface area contributed by atoms with Crippen molar-refractivity contribution < 1.29 is 23.5 Å². The summed E-state index contributed by atoms with van der Waals surface area (Å²) in [5, 5.41) is 5.93. The highest BCUT2D eigenvalue weighted by Crippen LogP contribution is 2.10. The van der Waals surface area contributed by atoms with Crippen molar-refractivity contribution in [1.29, 1.82) is 0 Å². The summed E-state index contributed by atoms with van der Waals surface area (Å²) in [4.78, 5) is 34.7. The second kappa shape index (κ2) is 8.34. The van der Waals surface area contributed by atoms with E-state index in [1.54, 1.807) is 6.07 Å². The molecular weight excluding hydrogens is 329 g/mol. The molecule has 2 rings (SSSR count). The zero-order valence-corrected chi connectivity index (χ0v) is 13.2. The highest BCUT2D eigenvalue weighted by molar-refractivity contribution is 6.39. The van der Waals surface area contributed by atoms with Gasteiger partial charge in [0.05, 0.1) is 18.9 Å². The predicted octanol–water partition coefficient (Wildman–Crippen LogP) is 1.70. The monoisotopic (exact) mass is 343 g/mol. The fourth-order valence-electron chi connectivity index (χ4n) is 1.80. The molecule has 25 heavy (non-hydrogen) atoms. The molecule has 0 saturated heterocycles. The minimum atomic E-state index is -0.996. The SMILES string of the molecule is COC(=O)c1ccc(NC(=O)C(=O)N/N=C\c2cccc(F)c2)cc1. The fourth-order valence-corrected chi connectivity index (χ4v) is 1.80. The first-order chi connectivity index (χ1) is 12.0. The summed E-state index contributed by atoms with van der Waals surface area (Å²) in [6.07, 6.45) is 1.21. The van der Waals surface area contributed by atoms with E-state index >= 15 is 0 Å². The van der Waals surface area contributed by atoms with Crippen molar-refractivity contribution in [2.24, 2.45) is 5.10 Å². The third-order valence-corrected chi connectivity index (χ3v) is 3.00. The number of esters is 1. The number of rotatable bonds is 4. The van der Waals surface area contributed by atoms with Crippen LogP contribution in [0.2, 0.25) is 0 Å². The molecule has 0 bridgehead atoms. The van der Waals surface area contributed by atoms with Crippen LogP contribution in [0.4, 0.5) is 10.1 Å². The van der Waals surface area contributed by atoms with Crippen LogP contribution < -0.4 is 10.7 Å². The van der Waals surface area contributed by atoms with Crippen LogP contribution in [-0.4, -0.2) is 31.1 Å². The summed E-state index contributed by atoms with van der Waals surface area (Å²) >= 11 is 0. The number of ether oxygens (including phenoxy) is 1. The maximum absolute atomic E-state index is 13.0. The van der Waals surface area contributed by atoms with E-state index in [1.807, 2.05) is 5.43 Å². The van der Waals surface area contributed by atoms with Gasteiger partial charge < -0.3 is 10.1 Å². The molecule has 128 valence electrons. The summed E-state index contributed by atoms with van der Waals surface area (Å²) in [5.74, 6) is -2.89. The molecule has 0 aliphatic carbocycles. The maximum atomic E-state index is 13.0. The Morgan fingerprint density at radius 1 is 1.08 bits per heavy atom. The first-order valence-electron chi connectivity index (χ1n) is 7.08. The number of benzene rings is 2. The van der Waals surface area contributed by atoms with Gasteiger partial charge in [-0.1, -0.05) is 12.1 Å². The van der Waals surface area contributed by atoms with Gasteiger partial charge in [0.15, 0.2) is 0 Å². The van der Waals surface area contributed by atoms with Crippen molar-refractivity contribution in [3.63, 3.8) is 0 Å². The minimum Gasteiger partial charge on any atom is -0.465 e. The smallest absolute Gasteiger partial charge is 0.337 e. The second-order valence-electron chi connectivity index (χ2n) is 4.78. The molecule has 0 heterocycles. The molecule has 0 atom stereocenters. The third-order valence-electron chi connectivity index (χ3n) is 3.00. The largest absolute Gasteiger partial charge is 0.465 e. The quantitative estimate of drug-likeness (QED) is 0.382. The van der Waals surface area contributed by atoms with Gasteiger partial charge in [-0.25, -0.2) is 14.6 Å². The van der Waals surface area contributed by atoms with Crippen LogP contribution in [-0.2, 0) is 14.3 Å². The number of nitrogens with zero attached hydrogens (tertiary/aromatic N) is 1. The molecule has 2 aromatic rings.